The molecule has 8 heteroatoms. The van der Waals surface area contributed by atoms with Crippen molar-refractivity contribution in [3.63, 3.8) is 0 Å². The van der Waals surface area contributed by atoms with Gasteiger partial charge in [0.25, 0.3) is 0 Å². The molecule has 0 N–H and O–H groups in total. The molecule has 2 heterocycles. The fourth-order valence-corrected chi connectivity index (χ4v) is 4.29. The van der Waals surface area contributed by atoms with Gasteiger partial charge in [-0.15, -0.1) is 11.3 Å². The number of rotatable bonds is 7. The summed E-state index contributed by atoms with van der Waals surface area (Å²) in [6, 6.07) is 7.63. The SMILES string of the molecule is CC(C)C(=O)OC1CCCC1.COc1ccc(OC)c2nc(-c3cccs3)c(OC(C)C)nc12. The van der Waals surface area contributed by atoms with E-state index in [0.29, 0.717) is 34.1 Å². The summed E-state index contributed by atoms with van der Waals surface area (Å²) in [6.45, 7) is 7.67. The quantitative estimate of drug-likeness (QED) is 0.363. The first kappa shape index (κ1) is 25.7. The summed E-state index contributed by atoms with van der Waals surface area (Å²) in [4.78, 5) is 21.5. The summed E-state index contributed by atoms with van der Waals surface area (Å²) in [6.07, 6.45) is 4.80. The van der Waals surface area contributed by atoms with E-state index in [4.69, 9.17) is 23.9 Å². The lowest BCUT2D eigenvalue weighted by Gasteiger charge is -2.15. The molecule has 2 aromatic heterocycles. The van der Waals surface area contributed by atoms with Crippen LogP contribution in [0.3, 0.4) is 0 Å². The maximum atomic E-state index is 11.1. The summed E-state index contributed by atoms with van der Waals surface area (Å²) in [5.41, 5.74) is 2.00. The number of carbonyl (C=O) groups excluding carboxylic acids is 1. The van der Waals surface area contributed by atoms with Gasteiger partial charge in [-0.05, 0) is 63.1 Å². The first-order chi connectivity index (χ1) is 16.3. The van der Waals surface area contributed by atoms with Crippen LogP contribution in [0.15, 0.2) is 29.6 Å². The number of thiophene rings is 1. The molecule has 1 aromatic carbocycles. The number of methoxy groups -OCH3 is 2. The maximum Gasteiger partial charge on any atom is 0.308 e. The zero-order valence-electron chi connectivity index (χ0n) is 20.8. The molecule has 0 atom stereocenters. The van der Waals surface area contributed by atoms with Crippen molar-refractivity contribution in [2.45, 2.75) is 65.6 Å². The number of ether oxygens (including phenoxy) is 4. The molecule has 0 aliphatic heterocycles. The minimum Gasteiger partial charge on any atom is -0.494 e. The van der Waals surface area contributed by atoms with Crippen molar-refractivity contribution in [2.24, 2.45) is 5.92 Å². The number of hydrogen-bond donors (Lipinski definition) is 0. The second-order valence-electron chi connectivity index (χ2n) is 8.69. The van der Waals surface area contributed by atoms with Gasteiger partial charge in [-0.1, -0.05) is 19.9 Å². The van der Waals surface area contributed by atoms with Crippen LogP contribution in [0.5, 0.6) is 17.4 Å². The molecule has 1 fully saturated rings. The van der Waals surface area contributed by atoms with Gasteiger partial charge >= 0.3 is 5.97 Å². The van der Waals surface area contributed by atoms with E-state index in [1.54, 1.807) is 25.6 Å². The van der Waals surface area contributed by atoms with Crippen molar-refractivity contribution in [3.05, 3.63) is 29.6 Å². The molecule has 3 aromatic rings. The van der Waals surface area contributed by atoms with Crippen LogP contribution in [0.4, 0.5) is 0 Å². The van der Waals surface area contributed by atoms with Gasteiger partial charge in [-0.25, -0.2) is 9.97 Å². The molecule has 0 saturated heterocycles. The predicted molar refractivity (Wildman–Crippen MR) is 135 cm³/mol. The second-order valence-corrected chi connectivity index (χ2v) is 9.63. The van der Waals surface area contributed by atoms with Gasteiger partial charge in [0.1, 0.15) is 34.3 Å². The van der Waals surface area contributed by atoms with Gasteiger partial charge in [0.05, 0.1) is 31.1 Å². The number of aromatic nitrogens is 2. The summed E-state index contributed by atoms with van der Waals surface area (Å²) in [5.74, 6) is 1.77. The Morgan fingerprint density at radius 1 is 0.971 bits per heavy atom. The first-order valence-electron chi connectivity index (χ1n) is 11.7. The number of fused-ring (bicyclic) bond motifs is 1. The zero-order valence-corrected chi connectivity index (χ0v) is 21.6. The first-order valence-corrected chi connectivity index (χ1v) is 12.6. The van der Waals surface area contributed by atoms with E-state index in [1.807, 2.05) is 57.3 Å². The van der Waals surface area contributed by atoms with Crippen LogP contribution in [-0.4, -0.2) is 42.4 Å². The Hall–Kier alpha value is -2.87. The smallest absolute Gasteiger partial charge is 0.308 e. The Bertz CT molecular complexity index is 1080. The van der Waals surface area contributed by atoms with Gasteiger partial charge in [0, 0.05) is 0 Å². The van der Waals surface area contributed by atoms with Crippen molar-refractivity contribution in [1.29, 1.82) is 0 Å². The van der Waals surface area contributed by atoms with Crippen molar-refractivity contribution in [3.8, 4) is 28.0 Å². The monoisotopic (exact) mass is 486 g/mol. The number of esters is 1. The molecule has 0 unspecified atom stereocenters. The predicted octanol–water partition coefficient (Wildman–Crippen LogP) is 6.29. The van der Waals surface area contributed by atoms with Crippen LogP contribution < -0.4 is 14.2 Å². The Labute approximate surface area is 205 Å². The van der Waals surface area contributed by atoms with Gasteiger partial charge in [0.15, 0.2) is 0 Å². The molecule has 184 valence electrons. The third-order valence-corrected chi connectivity index (χ3v) is 6.19. The highest BCUT2D eigenvalue weighted by Gasteiger charge is 2.21. The topological polar surface area (TPSA) is 79.8 Å². The number of benzene rings is 1. The largest absolute Gasteiger partial charge is 0.494 e. The van der Waals surface area contributed by atoms with Crippen LogP contribution in [0, 0.1) is 5.92 Å². The van der Waals surface area contributed by atoms with Crippen LogP contribution in [0.25, 0.3) is 21.6 Å². The number of hydrogen-bond acceptors (Lipinski definition) is 8. The molecule has 7 nitrogen and oxygen atoms in total. The molecule has 1 aliphatic rings. The molecular weight excluding hydrogens is 452 g/mol. The molecule has 0 amide bonds. The molecule has 34 heavy (non-hydrogen) atoms. The highest BCUT2D eigenvalue weighted by molar-refractivity contribution is 7.13. The van der Waals surface area contributed by atoms with E-state index in [0.717, 1.165) is 17.7 Å². The van der Waals surface area contributed by atoms with Gasteiger partial charge in [0.2, 0.25) is 5.88 Å². The van der Waals surface area contributed by atoms with Crippen molar-refractivity contribution < 1.29 is 23.7 Å². The van der Waals surface area contributed by atoms with Crippen molar-refractivity contribution >= 4 is 28.3 Å². The lowest BCUT2D eigenvalue weighted by molar-refractivity contribution is -0.152. The average Bonchev–Trinajstić information content (AvgIpc) is 3.52. The van der Waals surface area contributed by atoms with E-state index in [-0.39, 0.29) is 24.1 Å². The average molecular weight is 487 g/mol. The van der Waals surface area contributed by atoms with Crippen LogP contribution in [0.2, 0.25) is 0 Å². The van der Waals surface area contributed by atoms with Crippen LogP contribution in [-0.2, 0) is 9.53 Å². The zero-order chi connectivity index (χ0) is 24.7. The minimum atomic E-state index is -0.0445. The summed E-state index contributed by atoms with van der Waals surface area (Å²) < 4.78 is 22.0. The maximum absolute atomic E-state index is 11.1. The Kier molecular flexibility index (Phi) is 9.10. The molecule has 1 saturated carbocycles. The Morgan fingerprint density at radius 2 is 1.59 bits per heavy atom. The lowest BCUT2D eigenvalue weighted by Crippen LogP contribution is -2.18. The standard InChI is InChI=1S/C17H18N2O3S.C9H16O2/c1-10(2)22-17-16(13-6-5-9-23-13)18-14-11(20-3)7-8-12(21-4)15(14)19-17;1-7(2)9(10)11-8-5-3-4-6-8/h5-10H,1-4H3;7-8H,3-6H2,1-2H3. The third kappa shape index (κ3) is 6.38. The molecule has 4 rings (SSSR count). The van der Waals surface area contributed by atoms with Crippen molar-refractivity contribution in [1.82, 2.24) is 9.97 Å². The van der Waals surface area contributed by atoms with Crippen LogP contribution in [0.1, 0.15) is 53.4 Å². The lowest BCUT2D eigenvalue weighted by atomic mass is 10.2. The molecular formula is C26H34N2O5S. The van der Waals surface area contributed by atoms with Gasteiger partial charge in [-0.2, -0.15) is 0 Å². The number of carbonyl (C=O) groups is 1. The second kappa shape index (κ2) is 12.0. The number of nitrogens with zero attached hydrogens (tertiary/aromatic N) is 2. The summed E-state index contributed by atoms with van der Waals surface area (Å²) in [7, 11) is 3.23. The van der Waals surface area contributed by atoms with E-state index >= 15 is 0 Å². The Balaban J connectivity index is 0.000000248. The fraction of sp³-hybridized carbons (Fsp3) is 0.500. The summed E-state index contributed by atoms with van der Waals surface area (Å²) in [5, 5.41) is 2.00. The molecule has 0 bridgehead atoms. The molecule has 0 spiro atoms. The van der Waals surface area contributed by atoms with Crippen LogP contribution >= 0.6 is 11.3 Å². The van der Waals surface area contributed by atoms with E-state index in [1.165, 1.54) is 12.8 Å². The highest BCUT2D eigenvalue weighted by atomic mass is 32.1. The fourth-order valence-electron chi connectivity index (χ4n) is 3.59. The molecule has 1 aliphatic carbocycles. The van der Waals surface area contributed by atoms with Crippen molar-refractivity contribution in [2.75, 3.05) is 14.2 Å². The summed E-state index contributed by atoms with van der Waals surface area (Å²) >= 11 is 1.59. The highest BCUT2D eigenvalue weighted by Crippen LogP contribution is 2.37. The van der Waals surface area contributed by atoms with E-state index in [2.05, 4.69) is 4.98 Å². The molecule has 0 radical (unpaired) electrons. The normalized spacial score (nSPS) is 13.6. The third-order valence-electron chi connectivity index (χ3n) is 5.31. The Morgan fingerprint density at radius 3 is 2.09 bits per heavy atom. The van der Waals surface area contributed by atoms with Gasteiger partial charge in [-0.3, -0.25) is 4.79 Å². The minimum absolute atomic E-state index is 0.00272. The van der Waals surface area contributed by atoms with E-state index < -0.39 is 0 Å². The van der Waals surface area contributed by atoms with Gasteiger partial charge < -0.3 is 18.9 Å². The van der Waals surface area contributed by atoms with E-state index in [9.17, 15) is 4.79 Å².